The number of rotatable bonds is 10. The molecule has 3 aromatic heterocycles. The number of aromatic nitrogens is 7. The Labute approximate surface area is 217 Å². The molecular weight excluding hydrogens is 532 g/mol. The Hall–Kier alpha value is -2.84. The van der Waals surface area contributed by atoms with Gasteiger partial charge in [0.25, 0.3) is 0 Å². The van der Waals surface area contributed by atoms with Crippen LogP contribution in [0.1, 0.15) is 55.0 Å². The molecule has 4 atom stereocenters. The van der Waals surface area contributed by atoms with Crippen LogP contribution in [0.4, 0.5) is 8.78 Å². The minimum absolute atomic E-state index is 0.0184. The maximum atomic E-state index is 13.6. The van der Waals surface area contributed by atoms with Gasteiger partial charge in [-0.15, -0.1) is 10.2 Å². The Kier molecular flexibility index (Phi) is 7.99. The Morgan fingerprint density at radius 2 is 1.84 bits per heavy atom. The summed E-state index contributed by atoms with van der Waals surface area (Å²) in [5.74, 6) is -1.58. The maximum Gasteiger partial charge on any atom is 0.242 e. The summed E-state index contributed by atoms with van der Waals surface area (Å²) in [7, 11) is -1.22. The summed E-state index contributed by atoms with van der Waals surface area (Å²) in [6.07, 6.45) is 1.24. The van der Waals surface area contributed by atoms with Gasteiger partial charge in [0.05, 0.1) is 23.1 Å². The van der Waals surface area contributed by atoms with Gasteiger partial charge in [0.15, 0.2) is 21.5 Å². The molecule has 0 spiro atoms. The lowest BCUT2D eigenvalue weighted by Gasteiger charge is -2.35. The average molecular weight is 558 g/mol. The van der Waals surface area contributed by atoms with E-state index >= 15 is 0 Å². The van der Waals surface area contributed by atoms with Crippen molar-refractivity contribution in [1.29, 1.82) is 0 Å². The van der Waals surface area contributed by atoms with Crippen molar-refractivity contribution < 1.29 is 26.7 Å². The first-order chi connectivity index (χ1) is 17.6. The van der Waals surface area contributed by atoms with Crippen molar-refractivity contribution in [3.05, 3.63) is 46.9 Å². The third-order valence-corrected chi connectivity index (χ3v) is 8.83. The minimum atomic E-state index is -3.97. The van der Waals surface area contributed by atoms with Crippen molar-refractivity contribution in [3.8, 4) is 11.6 Å². The molecule has 15 heteroatoms. The molecule has 1 aliphatic carbocycles. The SMILES string of the molecule is COc1ncnc(C)c1-n1c(CS(=O)(=O)[C@@H](C)[C@H](OC)c2ncc(Cl)cn2)nnc1[C@@H]1CC[C@H]1C(F)F. The number of hydrogen-bond donors (Lipinski definition) is 0. The Balaban J connectivity index is 1.77. The lowest BCUT2D eigenvalue weighted by molar-refractivity contribution is 0.0138. The lowest BCUT2D eigenvalue weighted by Crippen LogP contribution is -2.33. The van der Waals surface area contributed by atoms with Gasteiger partial charge in [-0.2, -0.15) is 4.98 Å². The quantitative estimate of drug-likeness (QED) is 0.365. The van der Waals surface area contributed by atoms with E-state index in [1.165, 1.54) is 44.4 Å². The predicted octanol–water partition coefficient (Wildman–Crippen LogP) is 3.27. The van der Waals surface area contributed by atoms with Crippen molar-refractivity contribution in [2.24, 2.45) is 5.92 Å². The molecule has 200 valence electrons. The molecule has 3 heterocycles. The summed E-state index contributed by atoms with van der Waals surface area (Å²) in [6, 6.07) is 0. The lowest BCUT2D eigenvalue weighted by atomic mass is 9.73. The molecule has 4 rings (SSSR count). The monoisotopic (exact) mass is 557 g/mol. The molecule has 0 bridgehead atoms. The number of halogens is 3. The van der Waals surface area contributed by atoms with E-state index in [1.807, 2.05) is 0 Å². The van der Waals surface area contributed by atoms with Gasteiger partial charge in [-0.05, 0) is 26.7 Å². The topological polar surface area (TPSA) is 135 Å². The van der Waals surface area contributed by atoms with Crippen LogP contribution in [-0.2, 0) is 20.3 Å². The third-order valence-electron chi connectivity index (χ3n) is 6.60. The van der Waals surface area contributed by atoms with Crippen molar-refractivity contribution >= 4 is 21.4 Å². The Morgan fingerprint density at radius 1 is 1.14 bits per heavy atom. The smallest absolute Gasteiger partial charge is 0.242 e. The highest BCUT2D eigenvalue weighted by molar-refractivity contribution is 7.91. The van der Waals surface area contributed by atoms with Crippen LogP contribution in [0.2, 0.25) is 5.02 Å². The molecule has 0 amide bonds. The number of aryl methyl sites for hydroxylation is 1. The zero-order valence-corrected chi connectivity index (χ0v) is 22.1. The second-order valence-electron chi connectivity index (χ2n) is 8.74. The molecule has 0 N–H and O–H groups in total. The first-order valence-electron chi connectivity index (χ1n) is 11.4. The number of nitrogens with zero attached hydrogens (tertiary/aromatic N) is 7. The number of alkyl halides is 2. The van der Waals surface area contributed by atoms with Crippen LogP contribution in [0.25, 0.3) is 5.69 Å². The summed E-state index contributed by atoms with van der Waals surface area (Å²) >= 11 is 5.85. The molecule has 37 heavy (non-hydrogen) atoms. The summed E-state index contributed by atoms with van der Waals surface area (Å²) in [5, 5.41) is 7.50. The van der Waals surface area contributed by atoms with Gasteiger partial charge < -0.3 is 9.47 Å². The standard InChI is InChI=1S/C22H26ClF2N7O4S/c1-11-17(22(36-4)29-10-28-11)32-16(30-31-21(32)15-6-5-14(15)19(24)25)9-37(33,34)12(2)18(35-3)20-26-7-13(23)8-27-20/h7-8,10,12,14-15,18-19H,5-6,9H2,1-4H3/t12-,14+,15+,18-/m0/s1. The van der Waals surface area contributed by atoms with Crippen molar-refractivity contribution in [1.82, 2.24) is 34.7 Å². The van der Waals surface area contributed by atoms with Crippen molar-refractivity contribution in [2.75, 3.05) is 14.2 Å². The zero-order chi connectivity index (χ0) is 26.9. The Bertz CT molecular complexity index is 1360. The Morgan fingerprint density at radius 3 is 2.41 bits per heavy atom. The highest BCUT2D eigenvalue weighted by Crippen LogP contribution is 2.46. The molecule has 11 nitrogen and oxygen atoms in total. The van der Waals surface area contributed by atoms with E-state index in [2.05, 4.69) is 30.1 Å². The fourth-order valence-electron chi connectivity index (χ4n) is 4.38. The van der Waals surface area contributed by atoms with Crippen LogP contribution >= 0.6 is 11.6 Å². The first-order valence-corrected chi connectivity index (χ1v) is 13.5. The summed E-state index contributed by atoms with van der Waals surface area (Å²) in [6.45, 7) is 3.15. The summed E-state index contributed by atoms with van der Waals surface area (Å²) < 4.78 is 66.7. The number of methoxy groups -OCH3 is 2. The van der Waals surface area contributed by atoms with Gasteiger partial charge in [0.1, 0.15) is 29.7 Å². The first kappa shape index (κ1) is 27.2. The van der Waals surface area contributed by atoms with Crippen LogP contribution < -0.4 is 4.74 Å². The normalized spacial score (nSPS) is 19.5. The predicted molar refractivity (Wildman–Crippen MR) is 129 cm³/mol. The van der Waals surface area contributed by atoms with Crippen LogP contribution in [-0.4, -0.2) is 69.0 Å². The van der Waals surface area contributed by atoms with Crippen molar-refractivity contribution in [2.45, 2.75) is 56.1 Å². The third kappa shape index (κ3) is 5.27. The van der Waals surface area contributed by atoms with E-state index < -0.39 is 45.2 Å². The van der Waals surface area contributed by atoms with Gasteiger partial charge in [-0.25, -0.2) is 32.2 Å². The molecular formula is C22H26ClF2N7O4S. The largest absolute Gasteiger partial charge is 0.479 e. The highest BCUT2D eigenvalue weighted by Gasteiger charge is 2.43. The van der Waals surface area contributed by atoms with E-state index in [-0.39, 0.29) is 23.4 Å². The average Bonchev–Trinajstić information content (AvgIpc) is 3.20. The molecule has 0 aromatic carbocycles. The second-order valence-corrected chi connectivity index (χ2v) is 11.5. The van der Waals surface area contributed by atoms with Crippen LogP contribution in [0.5, 0.6) is 5.88 Å². The minimum Gasteiger partial charge on any atom is -0.479 e. The number of ether oxygens (including phenoxy) is 2. The highest BCUT2D eigenvalue weighted by atomic mass is 35.5. The van der Waals surface area contributed by atoms with Crippen LogP contribution in [0.3, 0.4) is 0 Å². The molecule has 3 aromatic rings. The van der Waals surface area contributed by atoms with E-state index in [0.717, 1.165) is 0 Å². The van der Waals surface area contributed by atoms with Gasteiger partial charge >= 0.3 is 0 Å². The summed E-state index contributed by atoms with van der Waals surface area (Å²) in [5.41, 5.74) is 0.740. The van der Waals surface area contributed by atoms with Crippen molar-refractivity contribution in [3.63, 3.8) is 0 Å². The maximum absolute atomic E-state index is 13.6. The molecule has 1 fully saturated rings. The zero-order valence-electron chi connectivity index (χ0n) is 20.5. The molecule has 1 aliphatic rings. The number of sulfone groups is 1. The van der Waals surface area contributed by atoms with E-state index in [0.29, 0.717) is 29.2 Å². The summed E-state index contributed by atoms with van der Waals surface area (Å²) in [4.78, 5) is 16.5. The van der Waals surface area contributed by atoms with Crippen LogP contribution in [0.15, 0.2) is 18.7 Å². The molecule has 0 radical (unpaired) electrons. The molecule has 0 saturated heterocycles. The van der Waals surface area contributed by atoms with Gasteiger partial charge in [0, 0.05) is 31.3 Å². The van der Waals surface area contributed by atoms with E-state index in [9.17, 15) is 17.2 Å². The number of hydrogen-bond acceptors (Lipinski definition) is 10. The molecule has 0 aliphatic heterocycles. The molecule has 1 saturated carbocycles. The fourth-order valence-corrected chi connectivity index (χ4v) is 5.90. The second kappa shape index (κ2) is 10.9. The van der Waals surface area contributed by atoms with Gasteiger partial charge in [0.2, 0.25) is 12.3 Å². The van der Waals surface area contributed by atoms with Crippen LogP contribution in [0, 0.1) is 12.8 Å². The van der Waals surface area contributed by atoms with E-state index in [1.54, 1.807) is 6.92 Å². The van der Waals surface area contributed by atoms with Gasteiger partial charge in [-0.1, -0.05) is 11.6 Å². The fraction of sp³-hybridized carbons (Fsp3) is 0.545. The van der Waals surface area contributed by atoms with E-state index in [4.69, 9.17) is 21.1 Å². The molecule has 0 unspecified atom stereocenters. The van der Waals surface area contributed by atoms with Gasteiger partial charge in [-0.3, -0.25) is 4.57 Å².